The monoisotopic (exact) mass is 303 g/mol. The lowest BCUT2D eigenvalue weighted by Gasteiger charge is -2.12. The molecule has 0 fully saturated rings. The van der Waals surface area contributed by atoms with Gasteiger partial charge in [-0.2, -0.15) is 0 Å². The van der Waals surface area contributed by atoms with E-state index in [1.54, 1.807) is 0 Å². The van der Waals surface area contributed by atoms with E-state index in [1.165, 1.54) is 12.1 Å². The van der Waals surface area contributed by atoms with E-state index in [2.05, 4.69) is 5.32 Å². The van der Waals surface area contributed by atoms with Gasteiger partial charge in [-0.1, -0.05) is 11.6 Å². The number of aliphatic carboxylic acids is 1. The van der Waals surface area contributed by atoms with Gasteiger partial charge in [0.25, 0.3) is 5.69 Å². The third-order valence-electron chi connectivity index (χ3n) is 2.19. The molecular formula is C10H10ClN3O6. The number of amides is 2. The van der Waals surface area contributed by atoms with E-state index in [4.69, 9.17) is 21.8 Å². The number of nitrogens with one attached hydrogen (secondary N) is 2. The van der Waals surface area contributed by atoms with E-state index in [1.807, 2.05) is 5.32 Å². The van der Waals surface area contributed by atoms with Gasteiger partial charge in [0.05, 0.1) is 11.5 Å². The molecule has 1 aromatic carbocycles. The topological polar surface area (TPSA) is 142 Å². The summed E-state index contributed by atoms with van der Waals surface area (Å²) in [5.74, 6) is -1.41. The molecule has 1 rings (SSSR count). The summed E-state index contributed by atoms with van der Waals surface area (Å²) in [7, 11) is 0. The van der Waals surface area contributed by atoms with Gasteiger partial charge in [0.1, 0.15) is 5.02 Å². The molecule has 0 bridgehead atoms. The van der Waals surface area contributed by atoms with Crippen molar-refractivity contribution in [2.24, 2.45) is 0 Å². The van der Waals surface area contributed by atoms with Crippen LogP contribution in [0.15, 0.2) is 18.2 Å². The van der Waals surface area contributed by atoms with Crippen LogP contribution in [0.2, 0.25) is 5.02 Å². The van der Waals surface area contributed by atoms with Crippen LogP contribution in [0.1, 0.15) is 0 Å². The number of aliphatic hydroxyl groups is 1. The van der Waals surface area contributed by atoms with Gasteiger partial charge in [-0.05, 0) is 12.1 Å². The van der Waals surface area contributed by atoms with Crippen LogP contribution in [0, 0.1) is 10.1 Å². The van der Waals surface area contributed by atoms with Crippen LogP contribution in [0.25, 0.3) is 0 Å². The van der Waals surface area contributed by atoms with E-state index < -0.39 is 35.3 Å². The maximum atomic E-state index is 11.5. The largest absolute Gasteiger partial charge is 0.480 e. The molecule has 0 saturated carbocycles. The van der Waals surface area contributed by atoms with Crippen molar-refractivity contribution in [3.05, 3.63) is 33.3 Å². The Morgan fingerprint density at radius 3 is 2.60 bits per heavy atom. The van der Waals surface area contributed by atoms with Crippen LogP contribution in [-0.4, -0.2) is 39.8 Å². The molecule has 20 heavy (non-hydrogen) atoms. The number of anilines is 1. The summed E-state index contributed by atoms with van der Waals surface area (Å²) in [5.41, 5.74) is -0.345. The highest BCUT2D eigenvalue weighted by Crippen LogP contribution is 2.27. The molecule has 0 aliphatic heterocycles. The lowest BCUT2D eigenvalue weighted by atomic mass is 10.3. The van der Waals surface area contributed by atoms with Crippen molar-refractivity contribution in [1.29, 1.82) is 0 Å². The highest BCUT2D eigenvalue weighted by atomic mass is 35.5. The van der Waals surface area contributed by atoms with Crippen molar-refractivity contribution in [2.75, 3.05) is 11.9 Å². The smallest absolute Gasteiger partial charge is 0.328 e. The number of hydrogen-bond acceptors (Lipinski definition) is 5. The first-order valence-electron chi connectivity index (χ1n) is 5.20. The van der Waals surface area contributed by atoms with Crippen LogP contribution in [-0.2, 0) is 4.79 Å². The van der Waals surface area contributed by atoms with Gasteiger partial charge in [0, 0.05) is 11.8 Å². The third kappa shape index (κ3) is 4.07. The zero-order valence-electron chi connectivity index (χ0n) is 9.87. The summed E-state index contributed by atoms with van der Waals surface area (Å²) in [6.07, 6.45) is 0. The lowest BCUT2D eigenvalue weighted by molar-refractivity contribution is -0.384. The standard InChI is InChI=1S/C10H10ClN3O6/c11-6-2-1-5(3-8(6)14(19)20)12-10(18)13-7(4-15)9(16)17/h1-3,7,15H,4H2,(H,16,17)(H2,12,13,18)/t7-/m0/s1. The van der Waals surface area contributed by atoms with E-state index in [-0.39, 0.29) is 10.7 Å². The summed E-state index contributed by atoms with van der Waals surface area (Å²) >= 11 is 5.60. The number of nitro benzene ring substituents is 1. The highest BCUT2D eigenvalue weighted by molar-refractivity contribution is 6.32. The molecule has 0 radical (unpaired) electrons. The lowest BCUT2D eigenvalue weighted by Crippen LogP contribution is -2.45. The molecule has 0 aliphatic carbocycles. The first-order valence-corrected chi connectivity index (χ1v) is 5.58. The maximum Gasteiger partial charge on any atom is 0.328 e. The van der Waals surface area contributed by atoms with E-state index in [9.17, 15) is 19.7 Å². The number of carbonyl (C=O) groups excluding carboxylic acids is 1. The second-order valence-electron chi connectivity index (χ2n) is 3.60. The molecule has 9 nitrogen and oxygen atoms in total. The number of halogens is 1. The minimum absolute atomic E-state index is 0.0562. The van der Waals surface area contributed by atoms with Crippen molar-refractivity contribution >= 4 is 35.0 Å². The van der Waals surface area contributed by atoms with Gasteiger partial charge in [0.15, 0.2) is 6.04 Å². The Balaban J connectivity index is 2.78. The SMILES string of the molecule is O=C(Nc1ccc(Cl)c([N+](=O)[O-])c1)N[C@@H](CO)C(=O)O. The Morgan fingerprint density at radius 2 is 2.10 bits per heavy atom. The van der Waals surface area contributed by atoms with E-state index in [0.29, 0.717) is 0 Å². The number of hydrogen-bond donors (Lipinski definition) is 4. The Kier molecular flexibility index (Phi) is 5.23. The Labute approximate surface area is 117 Å². The average Bonchev–Trinajstić information content (AvgIpc) is 2.37. The molecule has 0 aliphatic rings. The summed E-state index contributed by atoms with van der Waals surface area (Å²) in [5, 5.41) is 32.1. The molecular weight excluding hydrogens is 294 g/mol. The molecule has 1 aromatic rings. The molecule has 0 aromatic heterocycles. The Hall–Kier alpha value is -2.39. The number of aliphatic hydroxyl groups excluding tert-OH is 1. The zero-order valence-corrected chi connectivity index (χ0v) is 10.6. The number of carboxylic acids is 1. The molecule has 10 heteroatoms. The molecule has 2 amide bonds. The van der Waals surface area contributed by atoms with Crippen molar-refractivity contribution in [1.82, 2.24) is 5.32 Å². The summed E-state index contributed by atoms with van der Waals surface area (Å²) in [6, 6.07) is 1.15. The minimum Gasteiger partial charge on any atom is -0.480 e. The maximum absolute atomic E-state index is 11.5. The molecule has 0 heterocycles. The highest BCUT2D eigenvalue weighted by Gasteiger charge is 2.19. The summed E-state index contributed by atoms with van der Waals surface area (Å²) in [6.45, 7) is -0.788. The van der Waals surface area contributed by atoms with Crippen molar-refractivity contribution in [2.45, 2.75) is 6.04 Å². The van der Waals surface area contributed by atoms with Crippen molar-refractivity contribution in [3.63, 3.8) is 0 Å². The molecule has 108 valence electrons. The Bertz CT molecular complexity index is 550. The van der Waals surface area contributed by atoms with Gasteiger partial charge >= 0.3 is 12.0 Å². The van der Waals surface area contributed by atoms with E-state index in [0.717, 1.165) is 6.07 Å². The molecule has 4 N–H and O–H groups in total. The molecule has 0 unspecified atom stereocenters. The second kappa shape index (κ2) is 6.68. The Morgan fingerprint density at radius 1 is 1.45 bits per heavy atom. The number of rotatable bonds is 5. The van der Waals surface area contributed by atoms with Gasteiger partial charge in [-0.3, -0.25) is 10.1 Å². The average molecular weight is 304 g/mol. The number of urea groups is 1. The van der Waals surface area contributed by atoms with Crippen molar-refractivity contribution < 1.29 is 24.7 Å². The van der Waals surface area contributed by atoms with Crippen molar-refractivity contribution in [3.8, 4) is 0 Å². The molecule has 0 spiro atoms. The molecule has 0 saturated heterocycles. The van der Waals surface area contributed by atoms with E-state index >= 15 is 0 Å². The summed E-state index contributed by atoms with van der Waals surface area (Å²) < 4.78 is 0. The van der Waals surface area contributed by atoms with Crippen LogP contribution < -0.4 is 10.6 Å². The fourth-order valence-electron chi connectivity index (χ4n) is 1.24. The predicted octanol–water partition coefficient (Wildman–Crippen LogP) is 0.815. The number of nitrogens with zero attached hydrogens (tertiary/aromatic N) is 1. The second-order valence-corrected chi connectivity index (χ2v) is 4.00. The minimum atomic E-state index is -1.47. The number of benzene rings is 1. The van der Waals surface area contributed by atoms with Crippen LogP contribution in [0.4, 0.5) is 16.2 Å². The molecule has 1 atom stereocenters. The quantitative estimate of drug-likeness (QED) is 0.468. The first kappa shape index (κ1) is 15.7. The van der Waals surface area contributed by atoms with Crippen LogP contribution in [0.5, 0.6) is 0 Å². The zero-order chi connectivity index (χ0) is 15.3. The predicted molar refractivity (Wildman–Crippen MR) is 68.8 cm³/mol. The van der Waals surface area contributed by atoms with Gasteiger partial charge in [-0.25, -0.2) is 9.59 Å². The summed E-state index contributed by atoms with van der Waals surface area (Å²) in [4.78, 5) is 32.0. The first-order chi connectivity index (χ1) is 9.35. The third-order valence-corrected chi connectivity index (χ3v) is 2.51. The number of nitro groups is 1. The fraction of sp³-hybridized carbons (Fsp3) is 0.200. The fourth-order valence-corrected chi connectivity index (χ4v) is 1.43. The normalized spacial score (nSPS) is 11.5. The van der Waals surface area contributed by atoms with Gasteiger partial charge < -0.3 is 20.8 Å². The van der Waals surface area contributed by atoms with Gasteiger partial charge in [0.2, 0.25) is 0 Å². The van der Waals surface area contributed by atoms with Crippen LogP contribution >= 0.6 is 11.6 Å². The number of carbonyl (C=O) groups is 2. The van der Waals surface area contributed by atoms with Gasteiger partial charge in [-0.15, -0.1) is 0 Å². The van der Waals surface area contributed by atoms with Crippen LogP contribution in [0.3, 0.4) is 0 Å². The number of carboxylic acid groups (broad SMARTS) is 1.